The minimum absolute atomic E-state index is 0. The van der Waals surface area contributed by atoms with E-state index < -0.39 is 0 Å². The van der Waals surface area contributed by atoms with Crippen molar-refractivity contribution in [3.05, 3.63) is 0 Å². The van der Waals surface area contributed by atoms with Crippen molar-refractivity contribution in [2.75, 3.05) is 0 Å². The van der Waals surface area contributed by atoms with Gasteiger partial charge in [0.25, 0.3) is 0 Å². The molecule has 0 saturated carbocycles. The zero-order valence-corrected chi connectivity index (χ0v) is 7.31. The Morgan fingerprint density at radius 1 is 0.600 bits per heavy atom. The van der Waals surface area contributed by atoms with Gasteiger partial charge in [-0.15, -0.1) is 0 Å². The molecule has 25 valence electrons. The third-order valence-corrected chi connectivity index (χ3v) is 0. The number of rotatable bonds is 0. The Labute approximate surface area is 81.7 Å². The molecule has 0 aliphatic heterocycles. The van der Waals surface area contributed by atoms with E-state index in [0.717, 1.165) is 0 Å². The second-order valence-electron chi connectivity index (χ2n) is 0. The molecule has 0 unspecified atom stereocenters. The summed E-state index contributed by atoms with van der Waals surface area (Å²) in [6.07, 6.45) is 0. The Hall–Kier alpha value is 2.10. The van der Waals surface area contributed by atoms with Crippen LogP contribution in [0.15, 0.2) is 0 Å². The number of hydrogen-bond acceptors (Lipinski definition) is 0. The first-order chi connectivity index (χ1) is 0. The van der Waals surface area contributed by atoms with Gasteiger partial charge in [0.1, 0.15) is 0 Å². The Morgan fingerprint density at radius 2 is 0.600 bits per heavy atom. The third-order valence-electron chi connectivity index (χ3n) is 0. The van der Waals surface area contributed by atoms with E-state index in [-0.39, 0.29) is 83.1 Å². The summed E-state index contributed by atoms with van der Waals surface area (Å²) in [5.74, 6) is 0. The van der Waals surface area contributed by atoms with E-state index in [1.165, 1.54) is 0 Å². The minimum atomic E-state index is 0. The molecule has 0 amide bonds. The quantitative estimate of drug-likeness (QED) is 0.551. The first-order valence-corrected chi connectivity index (χ1v) is 0. The molecule has 0 aliphatic carbocycles. The standard InChI is InChI=1S/Nd.3O.Sc/q+3;3*-2;+3. The van der Waals surface area contributed by atoms with Crippen LogP contribution in [-0.4, -0.2) is 0 Å². The summed E-state index contributed by atoms with van der Waals surface area (Å²) in [6, 6.07) is 0. The van der Waals surface area contributed by atoms with Crippen molar-refractivity contribution in [1.82, 2.24) is 0 Å². The Morgan fingerprint density at radius 3 is 0.600 bits per heavy atom. The van der Waals surface area contributed by atoms with Gasteiger partial charge in [-0.3, -0.25) is 0 Å². The largest absolute Gasteiger partial charge is 3.00 e. The van der Waals surface area contributed by atoms with Crippen LogP contribution < -0.4 is 0 Å². The van der Waals surface area contributed by atoms with Gasteiger partial charge in [-0.2, -0.15) is 0 Å². The van der Waals surface area contributed by atoms with Gasteiger partial charge in [0, 0.05) is 0 Å². The Bertz CT molecular complexity index is 6.85. The van der Waals surface area contributed by atoms with E-state index in [2.05, 4.69) is 0 Å². The molecule has 0 fully saturated rings. The van der Waals surface area contributed by atoms with Crippen LogP contribution in [0.25, 0.3) is 0 Å². The monoisotopic (exact) mass is 235 g/mol. The van der Waals surface area contributed by atoms with E-state index in [4.69, 9.17) is 0 Å². The zero-order chi connectivity index (χ0) is 0. The molecule has 0 saturated heterocycles. The van der Waals surface area contributed by atoms with Crippen LogP contribution in [0.4, 0.5) is 0 Å². The van der Waals surface area contributed by atoms with Crippen LogP contribution in [0.3, 0.4) is 0 Å². The maximum absolute atomic E-state index is 0. The predicted molar refractivity (Wildman–Crippen MR) is 2.06 cm³/mol. The molecule has 0 bridgehead atoms. The summed E-state index contributed by atoms with van der Waals surface area (Å²) >= 11 is 0. The van der Waals surface area contributed by atoms with E-state index in [9.17, 15) is 0 Å². The van der Waals surface area contributed by atoms with Gasteiger partial charge in [0.05, 0.1) is 0 Å². The molecular weight excluding hydrogens is 237 g/mol. The molecule has 5 heavy (non-hydrogen) atoms. The van der Waals surface area contributed by atoms with Crippen LogP contribution >= 0.6 is 0 Å². The summed E-state index contributed by atoms with van der Waals surface area (Å²) in [7, 11) is 0. The normalized spacial score (nSPS) is 0. The Balaban J connectivity index is 0. The fourth-order valence-corrected chi connectivity index (χ4v) is 0. The van der Waals surface area contributed by atoms with Crippen LogP contribution in [-0.2, 0) is 42.3 Å². The molecule has 0 aromatic rings. The Kier molecular flexibility index (Phi) is 431. The van der Waals surface area contributed by atoms with Crippen molar-refractivity contribution in [3.8, 4) is 0 Å². The molecule has 0 spiro atoms. The van der Waals surface area contributed by atoms with Crippen LogP contribution in [0.5, 0.6) is 0 Å². The van der Waals surface area contributed by atoms with Gasteiger partial charge < -0.3 is 16.4 Å². The van der Waals surface area contributed by atoms with E-state index in [0.29, 0.717) is 0 Å². The van der Waals surface area contributed by atoms with Crippen molar-refractivity contribution in [2.24, 2.45) is 0 Å². The maximum atomic E-state index is 0. The molecule has 0 N–H and O–H groups in total. The average Bonchev–Trinajstić information content (AvgIpc) is 0. The summed E-state index contributed by atoms with van der Waals surface area (Å²) in [6.45, 7) is 0. The zero-order valence-electron chi connectivity index (χ0n) is 2.30. The van der Waals surface area contributed by atoms with Crippen molar-refractivity contribution >= 4 is 0 Å². The third kappa shape index (κ3) is 23.2. The predicted octanol–water partition coefficient (Wildman–Crippen LogP) is -0.359. The molecule has 0 heterocycles. The minimum Gasteiger partial charge on any atom is -2.00 e. The summed E-state index contributed by atoms with van der Waals surface area (Å²) in [4.78, 5) is 0. The molecule has 0 atom stereocenters. The summed E-state index contributed by atoms with van der Waals surface area (Å²) in [5, 5.41) is 0. The first kappa shape index (κ1) is 59.9. The number of hydrogen-bond donors (Lipinski definition) is 0. The topological polar surface area (TPSA) is 85.5 Å². The SMILES string of the molecule is [Nd+3].[O-2].[O-2].[O-2].[Sc+3]. The van der Waals surface area contributed by atoms with Crippen molar-refractivity contribution in [3.63, 3.8) is 0 Å². The van der Waals surface area contributed by atoms with E-state index in [1.54, 1.807) is 0 Å². The smallest absolute Gasteiger partial charge is 2.00 e. The average molecular weight is 237 g/mol. The van der Waals surface area contributed by atoms with Crippen LogP contribution in [0.2, 0.25) is 0 Å². The molecule has 0 aromatic carbocycles. The van der Waals surface area contributed by atoms with E-state index in [1.807, 2.05) is 0 Å². The van der Waals surface area contributed by atoms with Gasteiger partial charge in [0.2, 0.25) is 0 Å². The fourth-order valence-electron chi connectivity index (χ4n) is 0. The summed E-state index contributed by atoms with van der Waals surface area (Å²) < 4.78 is 0. The second-order valence-corrected chi connectivity index (χ2v) is 0. The molecular formula is NdO3Sc. The van der Waals surface area contributed by atoms with Gasteiger partial charge in [-0.1, -0.05) is 0 Å². The van der Waals surface area contributed by atoms with E-state index >= 15 is 0 Å². The van der Waals surface area contributed by atoms with Gasteiger partial charge in [-0.05, 0) is 0 Å². The molecule has 1 radical (unpaired) electrons. The second kappa shape index (κ2) is 36.0. The first-order valence-electron chi connectivity index (χ1n) is 0. The molecule has 0 rings (SSSR count). The maximum Gasteiger partial charge on any atom is 3.00 e. The fraction of sp³-hybridized carbons (Fsp3) is 0. The van der Waals surface area contributed by atoms with Crippen LogP contribution in [0.1, 0.15) is 0 Å². The van der Waals surface area contributed by atoms with Crippen LogP contribution in [0, 0.1) is 40.8 Å². The van der Waals surface area contributed by atoms with Gasteiger partial charge in [0.15, 0.2) is 0 Å². The van der Waals surface area contributed by atoms with Gasteiger partial charge >= 0.3 is 66.7 Å². The van der Waals surface area contributed by atoms with Crippen molar-refractivity contribution in [1.29, 1.82) is 0 Å². The van der Waals surface area contributed by atoms with Gasteiger partial charge in [-0.25, -0.2) is 0 Å². The summed E-state index contributed by atoms with van der Waals surface area (Å²) in [5.41, 5.74) is 0. The van der Waals surface area contributed by atoms with Crippen molar-refractivity contribution in [2.45, 2.75) is 0 Å². The molecule has 0 aliphatic rings. The molecule has 0 aromatic heterocycles. The molecule has 5 heteroatoms. The molecule has 3 nitrogen and oxygen atoms in total. The van der Waals surface area contributed by atoms with Crippen molar-refractivity contribution < 1.29 is 83.1 Å².